The SMILES string of the molecule is C[C@@H](Nc1ncnc2c1CN(c1ccccc1F)C(=O)C21CCN(C)C1)c1cccc(C(F)(F)C(C)(C)O)c1F. The number of hydrogen-bond donors (Lipinski definition) is 2. The van der Waals surface area contributed by atoms with Crippen molar-refractivity contribution in [3.63, 3.8) is 0 Å². The van der Waals surface area contributed by atoms with E-state index in [0.717, 1.165) is 19.9 Å². The third kappa shape index (κ3) is 4.41. The molecule has 5 rings (SSSR count). The van der Waals surface area contributed by atoms with Crippen molar-refractivity contribution in [2.24, 2.45) is 0 Å². The molecule has 3 aromatic rings. The Morgan fingerprint density at radius 3 is 2.48 bits per heavy atom. The summed E-state index contributed by atoms with van der Waals surface area (Å²) >= 11 is 0. The number of amides is 1. The van der Waals surface area contributed by atoms with Gasteiger partial charge >= 0.3 is 5.92 Å². The zero-order chi connectivity index (χ0) is 29.0. The fourth-order valence-corrected chi connectivity index (χ4v) is 5.66. The Morgan fingerprint density at radius 1 is 1.10 bits per heavy atom. The summed E-state index contributed by atoms with van der Waals surface area (Å²) in [5.74, 6) is -5.51. The van der Waals surface area contributed by atoms with E-state index >= 15 is 4.39 Å². The zero-order valence-electron chi connectivity index (χ0n) is 22.7. The highest BCUT2D eigenvalue weighted by Gasteiger charge is 2.53. The summed E-state index contributed by atoms with van der Waals surface area (Å²) in [5.41, 5.74) is -3.30. The van der Waals surface area contributed by atoms with Crippen LogP contribution >= 0.6 is 0 Å². The molecule has 1 unspecified atom stereocenters. The minimum atomic E-state index is -3.84. The molecule has 1 amide bonds. The minimum Gasteiger partial charge on any atom is -0.384 e. The highest BCUT2D eigenvalue weighted by Crippen LogP contribution is 2.45. The maximum absolute atomic E-state index is 15.5. The molecule has 1 aromatic heterocycles. The van der Waals surface area contributed by atoms with Gasteiger partial charge in [-0.05, 0) is 59.0 Å². The number of carbonyl (C=O) groups excluding carboxylic acids is 1. The van der Waals surface area contributed by atoms with E-state index in [-0.39, 0.29) is 23.7 Å². The molecule has 3 heterocycles. The highest BCUT2D eigenvalue weighted by atomic mass is 19.3. The van der Waals surface area contributed by atoms with Crippen molar-refractivity contribution in [1.82, 2.24) is 14.9 Å². The second-order valence-corrected chi connectivity index (χ2v) is 11.2. The van der Waals surface area contributed by atoms with Crippen LogP contribution in [0, 0.1) is 11.6 Å². The van der Waals surface area contributed by atoms with Gasteiger partial charge in [-0.2, -0.15) is 8.78 Å². The van der Waals surface area contributed by atoms with Crippen LogP contribution < -0.4 is 10.2 Å². The Bertz CT molecular complexity index is 1460. The lowest BCUT2D eigenvalue weighted by Crippen LogP contribution is -2.53. The van der Waals surface area contributed by atoms with E-state index in [1.807, 2.05) is 11.9 Å². The fraction of sp³-hybridized carbons (Fsp3) is 0.414. The van der Waals surface area contributed by atoms with Crippen molar-refractivity contribution in [1.29, 1.82) is 0 Å². The molecule has 7 nitrogen and oxygen atoms in total. The topological polar surface area (TPSA) is 81.6 Å². The maximum Gasteiger partial charge on any atom is 0.303 e. The van der Waals surface area contributed by atoms with Gasteiger partial charge < -0.3 is 20.2 Å². The van der Waals surface area contributed by atoms with Crippen LogP contribution in [0.15, 0.2) is 48.8 Å². The van der Waals surface area contributed by atoms with Crippen LogP contribution in [0.25, 0.3) is 0 Å². The molecule has 2 aromatic carbocycles. The Labute approximate surface area is 229 Å². The minimum absolute atomic E-state index is 0.0320. The molecule has 1 saturated heterocycles. The van der Waals surface area contributed by atoms with Crippen molar-refractivity contribution < 1.29 is 27.5 Å². The molecule has 0 bridgehead atoms. The van der Waals surface area contributed by atoms with Gasteiger partial charge in [-0.15, -0.1) is 0 Å². The van der Waals surface area contributed by atoms with Gasteiger partial charge in [-0.3, -0.25) is 4.79 Å². The molecule has 2 atom stereocenters. The van der Waals surface area contributed by atoms with E-state index in [1.54, 1.807) is 19.1 Å². The van der Waals surface area contributed by atoms with Gasteiger partial charge in [-0.25, -0.2) is 18.7 Å². The molecule has 40 heavy (non-hydrogen) atoms. The van der Waals surface area contributed by atoms with E-state index in [2.05, 4.69) is 15.3 Å². The van der Waals surface area contributed by atoms with Crippen LogP contribution in [0.3, 0.4) is 0 Å². The molecule has 2 N–H and O–H groups in total. The average molecular weight is 558 g/mol. The number of likely N-dealkylation sites (tertiary alicyclic amines) is 1. The standard InChI is InChI=1S/C29H31F4N5O2/c1-17(18-8-7-9-20(23(18)31)29(32,33)27(2,3)40)36-25-19-14-38(22-11-6-5-10-21(22)30)26(39)28(12-13-37(4)15-28)24(19)34-16-35-25/h5-11,16-17,40H,12-15H2,1-4H3,(H,34,35,36)/t17-,28?/m1/s1. The van der Waals surface area contributed by atoms with E-state index < -0.39 is 40.2 Å². The first-order chi connectivity index (χ1) is 18.8. The third-order valence-corrected chi connectivity index (χ3v) is 7.93. The summed E-state index contributed by atoms with van der Waals surface area (Å²) in [7, 11) is 1.89. The Kier molecular flexibility index (Phi) is 6.86. The van der Waals surface area contributed by atoms with Gasteiger partial charge in [0.15, 0.2) is 0 Å². The Morgan fingerprint density at radius 2 is 1.82 bits per heavy atom. The summed E-state index contributed by atoms with van der Waals surface area (Å²) in [5, 5.41) is 13.1. The largest absolute Gasteiger partial charge is 0.384 e. The van der Waals surface area contributed by atoms with Crippen LogP contribution in [0.2, 0.25) is 0 Å². The van der Waals surface area contributed by atoms with E-state index in [1.165, 1.54) is 35.5 Å². The molecule has 2 aliphatic rings. The molecular weight excluding hydrogens is 526 g/mol. The van der Waals surface area contributed by atoms with E-state index in [0.29, 0.717) is 36.6 Å². The Balaban J connectivity index is 1.57. The van der Waals surface area contributed by atoms with E-state index in [9.17, 15) is 23.1 Å². The number of halogens is 4. The number of carbonyl (C=O) groups is 1. The molecular formula is C29H31F4N5O2. The summed E-state index contributed by atoms with van der Waals surface area (Å²) in [4.78, 5) is 26.2. The van der Waals surface area contributed by atoms with Crippen LogP contribution in [0.1, 0.15) is 55.6 Å². The zero-order valence-corrected chi connectivity index (χ0v) is 22.7. The number of aliphatic hydroxyl groups is 1. The number of nitrogens with zero attached hydrogens (tertiary/aromatic N) is 4. The maximum atomic E-state index is 15.5. The Hall–Kier alpha value is -3.57. The van der Waals surface area contributed by atoms with Gasteiger partial charge in [0.05, 0.1) is 29.5 Å². The first-order valence-corrected chi connectivity index (χ1v) is 13.0. The molecule has 0 radical (unpaired) electrons. The fourth-order valence-electron chi connectivity index (χ4n) is 5.66. The molecule has 212 valence electrons. The number of benzene rings is 2. The van der Waals surface area contributed by atoms with Crippen molar-refractivity contribution in [3.8, 4) is 0 Å². The predicted molar refractivity (Wildman–Crippen MR) is 142 cm³/mol. The molecule has 11 heteroatoms. The van der Waals surface area contributed by atoms with Gasteiger partial charge in [-0.1, -0.05) is 24.3 Å². The normalized spacial score (nSPS) is 20.6. The van der Waals surface area contributed by atoms with Crippen LogP contribution in [0.5, 0.6) is 0 Å². The highest BCUT2D eigenvalue weighted by molar-refractivity contribution is 6.03. The lowest BCUT2D eigenvalue weighted by molar-refractivity contribution is -0.170. The summed E-state index contributed by atoms with van der Waals surface area (Å²) in [6.07, 6.45) is 1.78. The number of nitrogens with one attached hydrogen (secondary N) is 1. The number of aromatic nitrogens is 2. The number of para-hydroxylation sites is 1. The van der Waals surface area contributed by atoms with Gasteiger partial charge in [0.1, 0.15) is 34.8 Å². The molecule has 0 aliphatic carbocycles. The monoisotopic (exact) mass is 557 g/mol. The van der Waals surface area contributed by atoms with Gasteiger partial charge in [0.2, 0.25) is 5.91 Å². The smallest absolute Gasteiger partial charge is 0.303 e. The number of hydrogen-bond acceptors (Lipinski definition) is 6. The van der Waals surface area contributed by atoms with Crippen molar-refractivity contribution in [2.75, 3.05) is 30.4 Å². The average Bonchev–Trinajstić information content (AvgIpc) is 3.28. The van der Waals surface area contributed by atoms with Crippen molar-refractivity contribution in [2.45, 2.75) is 56.7 Å². The third-order valence-electron chi connectivity index (χ3n) is 7.93. The first-order valence-electron chi connectivity index (χ1n) is 13.0. The number of anilines is 2. The lowest BCUT2D eigenvalue weighted by atomic mass is 9.76. The summed E-state index contributed by atoms with van der Waals surface area (Å²) in [6.45, 7) is 4.42. The number of fused-ring (bicyclic) bond motifs is 2. The van der Waals surface area contributed by atoms with Gasteiger partial charge in [0, 0.05) is 17.7 Å². The second-order valence-electron chi connectivity index (χ2n) is 11.2. The number of alkyl halides is 2. The summed E-state index contributed by atoms with van der Waals surface area (Å²) in [6, 6.07) is 8.82. The lowest BCUT2D eigenvalue weighted by Gasteiger charge is -2.40. The number of likely N-dealkylation sites (N-methyl/N-ethyl adjacent to an activating group) is 1. The molecule has 1 spiro atoms. The predicted octanol–water partition coefficient (Wildman–Crippen LogP) is 4.91. The molecule has 2 aliphatic heterocycles. The van der Waals surface area contributed by atoms with Crippen molar-refractivity contribution in [3.05, 3.63) is 82.8 Å². The van der Waals surface area contributed by atoms with Crippen molar-refractivity contribution >= 4 is 17.4 Å². The summed E-state index contributed by atoms with van der Waals surface area (Å²) < 4.78 is 60.2. The van der Waals surface area contributed by atoms with Crippen LogP contribution in [0.4, 0.5) is 29.1 Å². The molecule has 0 saturated carbocycles. The first kappa shape index (κ1) is 28.0. The van der Waals surface area contributed by atoms with Crippen LogP contribution in [-0.4, -0.2) is 51.6 Å². The quantitative estimate of drug-likeness (QED) is 0.420. The molecule has 1 fully saturated rings. The van der Waals surface area contributed by atoms with Gasteiger partial charge in [0.25, 0.3) is 0 Å². The van der Waals surface area contributed by atoms with E-state index in [4.69, 9.17) is 0 Å². The number of rotatable bonds is 6. The van der Waals surface area contributed by atoms with Crippen LogP contribution in [-0.2, 0) is 22.7 Å². The second kappa shape index (κ2) is 9.81.